The van der Waals surface area contributed by atoms with E-state index in [0.717, 1.165) is 45.0 Å². The number of hydrogen-bond donors (Lipinski definition) is 2. The van der Waals surface area contributed by atoms with Gasteiger partial charge in [-0.2, -0.15) is 5.10 Å². The molecule has 0 fully saturated rings. The summed E-state index contributed by atoms with van der Waals surface area (Å²) in [5, 5.41) is 8.20. The molecule has 2 aromatic carbocycles. The predicted molar refractivity (Wildman–Crippen MR) is 144 cm³/mol. The van der Waals surface area contributed by atoms with E-state index in [0.29, 0.717) is 5.69 Å². The van der Waals surface area contributed by atoms with E-state index >= 15 is 0 Å². The van der Waals surface area contributed by atoms with Crippen LogP contribution in [0.4, 0.5) is 11.4 Å². The molecule has 0 atom stereocenters. The smallest absolute Gasteiger partial charge is 0.228 e. The minimum atomic E-state index is -0.136. The molecule has 1 amide bonds. The van der Waals surface area contributed by atoms with Gasteiger partial charge in [0, 0.05) is 29.2 Å². The molecule has 2 N–H and O–H groups in total. The summed E-state index contributed by atoms with van der Waals surface area (Å²) in [5.41, 5.74) is 4.30. The largest absolute Gasteiger partial charge is 0.456 e. The van der Waals surface area contributed by atoms with Crippen molar-refractivity contribution in [1.29, 1.82) is 0 Å². The summed E-state index contributed by atoms with van der Waals surface area (Å²) >= 11 is 1.64. The van der Waals surface area contributed by atoms with E-state index < -0.39 is 0 Å². The van der Waals surface area contributed by atoms with Crippen molar-refractivity contribution in [2.75, 3.05) is 15.8 Å². The standard InChI is InChI=1S/C27H31N5O2S/c1-6-35-31-20-8-9-23-22(15-20)25(11-12-28-23)34-24-10-7-19(13-18(24)2)14-26(33)30-21-16-29-32(17-21)27(3,4)5/h7-13,15-17,31H,6,14H2,1-5H3,(H,30,33). The maximum absolute atomic E-state index is 12.6. The summed E-state index contributed by atoms with van der Waals surface area (Å²) in [6.45, 7) is 10.3. The van der Waals surface area contributed by atoms with Gasteiger partial charge >= 0.3 is 0 Å². The molecule has 2 heterocycles. The zero-order valence-corrected chi connectivity index (χ0v) is 21.6. The van der Waals surface area contributed by atoms with Gasteiger partial charge in [-0.1, -0.05) is 31.0 Å². The Morgan fingerprint density at radius 3 is 2.63 bits per heavy atom. The molecule has 0 radical (unpaired) electrons. The van der Waals surface area contributed by atoms with Gasteiger partial charge in [-0.15, -0.1) is 0 Å². The Bertz CT molecular complexity index is 1340. The van der Waals surface area contributed by atoms with Crippen LogP contribution in [0.25, 0.3) is 10.9 Å². The van der Waals surface area contributed by atoms with Crippen molar-refractivity contribution in [1.82, 2.24) is 14.8 Å². The molecule has 0 bridgehead atoms. The van der Waals surface area contributed by atoms with Gasteiger partial charge in [0.25, 0.3) is 0 Å². The molecule has 4 aromatic rings. The number of ether oxygens (including phenoxy) is 1. The maximum atomic E-state index is 12.6. The SMILES string of the molecule is CCSNc1ccc2nccc(Oc3ccc(CC(=O)Nc4cnn(C(C)(C)C)c4)cc3C)c2c1. The quantitative estimate of drug-likeness (QED) is 0.273. The van der Waals surface area contributed by atoms with Crippen molar-refractivity contribution in [3.8, 4) is 11.5 Å². The van der Waals surface area contributed by atoms with Gasteiger partial charge in [0.05, 0.1) is 29.4 Å². The lowest BCUT2D eigenvalue weighted by Crippen LogP contribution is -2.22. The Labute approximate surface area is 210 Å². The zero-order valence-electron chi connectivity index (χ0n) is 20.8. The molecule has 4 rings (SSSR count). The van der Waals surface area contributed by atoms with Crippen LogP contribution >= 0.6 is 11.9 Å². The first-order valence-electron chi connectivity index (χ1n) is 11.6. The summed E-state index contributed by atoms with van der Waals surface area (Å²) in [4.78, 5) is 17.0. The minimum Gasteiger partial charge on any atom is -0.456 e. The van der Waals surface area contributed by atoms with Crippen molar-refractivity contribution >= 4 is 40.1 Å². The number of carbonyl (C=O) groups is 1. The van der Waals surface area contributed by atoms with E-state index in [4.69, 9.17) is 4.74 Å². The van der Waals surface area contributed by atoms with Crippen LogP contribution in [0.2, 0.25) is 0 Å². The molecule has 2 aromatic heterocycles. The molecule has 0 saturated carbocycles. The van der Waals surface area contributed by atoms with Gasteiger partial charge in [0.15, 0.2) is 0 Å². The summed E-state index contributed by atoms with van der Waals surface area (Å²) in [6, 6.07) is 13.8. The normalized spacial score (nSPS) is 11.5. The molecular weight excluding hydrogens is 458 g/mol. The van der Waals surface area contributed by atoms with Gasteiger partial charge in [-0.3, -0.25) is 14.5 Å². The first-order valence-corrected chi connectivity index (χ1v) is 12.6. The van der Waals surface area contributed by atoms with Crippen molar-refractivity contribution in [2.24, 2.45) is 0 Å². The van der Waals surface area contributed by atoms with Crippen LogP contribution in [0, 0.1) is 6.92 Å². The number of carbonyl (C=O) groups excluding carboxylic acids is 1. The van der Waals surface area contributed by atoms with Crippen LogP contribution in [-0.4, -0.2) is 26.4 Å². The Kier molecular flexibility index (Phi) is 7.31. The van der Waals surface area contributed by atoms with Crippen molar-refractivity contribution in [2.45, 2.75) is 46.6 Å². The van der Waals surface area contributed by atoms with Crippen molar-refractivity contribution < 1.29 is 9.53 Å². The molecule has 0 spiro atoms. The number of anilines is 2. The highest BCUT2D eigenvalue weighted by Gasteiger charge is 2.15. The molecule has 0 unspecified atom stereocenters. The summed E-state index contributed by atoms with van der Waals surface area (Å²) < 4.78 is 11.5. The number of benzene rings is 2. The van der Waals surface area contributed by atoms with Crippen LogP contribution in [-0.2, 0) is 16.8 Å². The van der Waals surface area contributed by atoms with E-state index in [1.165, 1.54) is 0 Å². The number of hydrogen-bond acceptors (Lipinski definition) is 6. The zero-order chi connectivity index (χ0) is 25.0. The average Bonchev–Trinajstić information content (AvgIpc) is 3.28. The molecule has 0 aliphatic rings. The fraction of sp³-hybridized carbons (Fsp3) is 0.296. The second-order valence-electron chi connectivity index (χ2n) is 9.35. The van der Waals surface area contributed by atoms with E-state index in [2.05, 4.69) is 53.9 Å². The van der Waals surface area contributed by atoms with Crippen LogP contribution < -0.4 is 14.8 Å². The number of rotatable bonds is 8. The van der Waals surface area contributed by atoms with Crippen LogP contribution in [0.15, 0.2) is 61.1 Å². The maximum Gasteiger partial charge on any atom is 0.228 e. The topological polar surface area (TPSA) is 81.1 Å². The fourth-order valence-electron chi connectivity index (χ4n) is 3.63. The van der Waals surface area contributed by atoms with E-state index in [-0.39, 0.29) is 17.9 Å². The number of nitrogens with one attached hydrogen (secondary N) is 2. The third kappa shape index (κ3) is 6.14. The number of amides is 1. The molecular formula is C27H31N5O2S. The molecule has 35 heavy (non-hydrogen) atoms. The molecule has 0 aliphatic carbocycles. The first kappa shape index (κ1) is 24.6. The molecule has 7 nitrogen and oxygen atoms in total. The highest BCUT2D eigenvalue weighted by Crippen LogP contribution is 2.33. The van der Waals surface area contributed by atoms with Crippen molar-refractivity contribution in [3.05, 3.63) is 72.2 Å². The number of nitrogens with zero attached hydrogens (tertiary/aromatic N) is 3. The molecule has 182 valence electrons. The lowest BCUT2D eigenvalue weighted by atomic mass is 10.1. The van der Waals surface area contributed by atoms with Crippen LogP contribution in [0.1, 0.15) is 38.8 Å². The molecule has 0 saturated heterocycles. The highest BCUT2D eigenvalue weighted by atomic mass is 32.2. The van der Waals surface area contributed by atoms with Gasteiger partial charge in [-0.05, 0) is 69.2 Å². The number of pyridine rings is 1. The number of aromatic nitrogens is 3. The van der Waals surface area contributed by atoms with Gasteiger partial charge in [0.1, 0.15) is 11.5 Å². The number of fused-ring (bicyclic) bond motifs is 1. The molecule has 8 heteroatoms. The Hall–Kier alpha value is -3.52. The lowest BCUT2D eigenvalue weighted by Gasteiger charge is -2.18. The van der Waals surface area contributed by atoms with E-state index in [9.17, 15) is 4.79 Å². The second kappa shape index (κ2) is 10.4. The van der Waals surface area contributed by atoms with Gasteiger partial charge in [0.2, 0.25) is 5.91 Å². The minimum absolute atomic E-state index is 0.0865. The summed E-state index contributed by atoms with van der Waals surface area (Å²) in [7, 11) is 0. The Morgan fingerprint density at radius 1 is 1.09 bits per heavy atom. The number of aryl methyl sites for hydroxylation is 1. The van der Waals surface area contributed by atoms with Gasteiger partial charge < -0.3 is 14.8 Å². The second-order valence-corrected chi connectivity index (χ2v) is 10.4. The van der Waals surface area contributed by atoms with Gasteiger partial charge in [-0.25, -0.2) is 0 Å². The van der Waals surface area contributed by atoms with E-state index in [1.54, 1.807) is 24.3 Å². The Morgan fingerprint density at radius 2 is 1.91 bits per heavy atom. The Balaban J connectivity index is 1.46. The summed E-state index contributed by atoms with van der Waals surface area (Å²) in [6.07, 6.45) is 5.54. The predicted octanol–water partition coefficient (Wildman–Crippen LogP) is 6.55. The molecule has 0 aliphatic heterocycles. The lowest BCUT2D eigenvalue weighted by molar-refractivity contribution is -0.115. The van der Waals surface area contributed by atoms with Crippen molar-refractivity contribution in [3.63, 3.8) is 0 Å². The average molecular weight is 490 g/mol. The summed E-state index contributed by atoms with van der Waals surface area (Å²) in [5.74, 6) is 2.37. The first-order chi connectivity index (χ1) is 16.7. The third-order valence-corrected chi connectivity index (χ3v) is 6.08. The monoisotopic (exact) mass is 489 g/mol. The van der Waals surface area contributed by atoms with Crippen LogP contribution in [0.3, 0.4) is 0 Å². The fourth-order valence-corrected chi connectivity index (χ4v) is 4.07. The highest BCUT2D eigenvalue weighted by molar-refractivity contribution is 8.00. The van der Waals surface area contributed by atoms with E-state index in [1.807, 2.05) is 54.2 Å². The third-order valence-electron chi connectivity index (χ3n) is 5.41. The van der Waals surface area contributed by atoms with Crippen LogP contribution in [0.5, 0.6) is 11.5 Å².